The number of rotatable bonds is 2. The van der Waals surface area contributed by atoms with E-state index in [1.807, 2.05) is 50.6 Å². The Morgan fingerprint density at radius 1 is 0.967 bits per heavy atom. The number of aromatic amines is 1. The minimum atomic E-state index is 0.436. The summed E-state index contributed by atoms with van der Waals surface area (Å²) in [5.41, 5.74) is 13.2. The molecule has 0 aliphatic carbocycles. The summed E-state index contributed by atoms with van der Waals surface area (Å²) in [7, 11) is 0. The van der Waals surface area contributed by atoms with Gasteiger partial charge in [-0.15, -0.1) is 0 Å². The zero-order chi connectivity index (χ0) is 21.4. The highest BCUT2D eigenvalue weighted by atomic mass is 15.3. The fourth-order valence-corrected chi connectivity index (χ4v) is 3.32. The van der Waals surface area contributed by atoms with Gasteiger partial charge in [-0.25, -0.2) is 14.3 Å². The van der Waals surface area contributed by atoms with Gasteiger partial charge in [-0.3, -0.25) is 0 Å². The Bertz CT molecular complexity index is 1340. The van der Waals surface area contributed by atoms with Crippen LogP contribution < -0.4 is 5.73 Å². The van der Waals surface area contributed by atoms with Crippen LogP contribution >= 0.6 is 0 Å². The Morgan fingerprint density at radius 3 is 2.33 bits per heavy atom. The zero-order valence-electron chi connectivity index (χ0n) is 17.3. The average Bonchev–Trinajstić information content (AvgIpc) is 3.20. The van der Waals surface area contributed by atoms with Crippen LogP contribution in [0.1, 0.15) is 28.2 Å². The Hall–Kier alpha value is -4.12. The van der Waals surface area contributed by atoms with Crippen molar-refractivity contribution in [2.24, 2.45) is 0 Å². The number of anilines is 1. The topological polar surface area (TPSA) is 114 Å². The maximum atomic E-state index is 9.01. The number of hydrogen-bond acceptors (Lipinski definition) is 5. The number of aromatic nitrogens is 6. The Labute approximate surface area is 173 Å². The summed E-state index contributed by atoms with van der Waals surface area (Å²) in [5.74, 6) is 1.05. The SMILES string of the molecule is Cc1nn(-c2cc(N)[nH]c3c(C)n(-c4ccc(C#N)cc4)nc3ccn2)c(C)c1C. The van der Waals surface area contributed by atoms with E-state index in [1.165, 1.54) is 0 Å². The highest BCUT2D eigenvalue weighted by Gasteiger charge is 2.11. The molecule has 8 nitrogen and oxygen atoms in total. The van der Waals surface area contributed by atoms with Crippen LogP contribution in [0, 0.1) is 39.0 Å². The number of H-pyrrole nitrogens is 1. The first-order valence-corrected chi connectivity index (χ1v) is 9.51. The van der Waals surface area contributed by atoms with Crippen LogP contribution in [-0.2, 0) is 0 Å². The van der Waals surface area contributed by atoms with Gasteiger partial charge in [0.25, 0.3) is 0 Å². The molecule has 4 aromatic rings. The fraction of sp³-hybridized carbons (Fsp3) is 0.182. The molecule has 8 heteroatoms. The van der Waals surface area contributed by atoms with E-state index in [-0.39, 0.29) is 0 Å². The van der Waals surface area contributed by atoms with Crippen molar-refractivity contribution in [1.82, 2.24) is 29.5 Å². The second-order valence-electron chi connectivity index (χ2n) is 7.15. The molecule has 0 radical (unpaired) electrons. The smallest absolute Gasteiger partial charge is 0.157 e. The molecular formula is C22H22N8. The van der Waals surface area contributed by atoms with Gasteiger partial charge in [-0.05, 0) is 63.6 Å². The lowest BCUT2D eigenvalue weighted by Crippen LogP contribution is -2.02. The van der Waals surface area contributed by atoms with E-state index in [9.17, 15) is 0 Å². The van der Waals surface area contributed by atoms with Gasteiger partial charge in [-0.2, -0.15) is 15.5 Å². The molecule has 0 fully saturated rings. The molecular weight excluding hydrogens is 376 g/mol. The largest absolute Gasteiger partial charge is 0.385 e. The predicted octanol–water partition coefficient (Wildman–Crippen LogP) is 3.75. The van der Waals surface area contributed by atoms with Crippen molar-refractivity contribution in [3.8, 4) is 17.6 Å². The van der Waals surface area contributed by atoms with Gasteiger partial charge < -0.3 is 10.7 Å². The quantitative estimate of drug-likeness (QED) is 0.534. The fourth-order valence-electron chi connectivity index (χ4n) is 3.32. The van der Waals surface area contributed by atoms with Crippen molar-refractivity contribution in [1.29, 1.82) is 5.26 Å². The van der Waals surface area contributed by atoms with E-state index < -0.39 is 0 Å². The van der Waals surface area contributed by atoms with Crippen LogP contribution in [0.15, 0.2) is 42.6 Å². The molecule has 0 atom stereocenters. The summed E-state index contributed by atoms with van der Waals surface area (Å²) in [6.45, 7) is 7.98. The van der Waals surface area contributed by atoms with Crippen molar-refractivity contribution >= 4 is 16.9 Å². The third kappa shape index (κ3) is 3.26. The van der Waals surface area contributed by atoms with Crippen molar-refractivity contribution in [3.63, 3.8) is 0 Å². The van der Waals surface area contributed by atoms with E-state index in [4.69, 9.17) is 16.1 Å². The van der Waals surface area contributed by atoms with Crippen molar-refractivity contribution in [2.45, 2.75) is 27.7 Å². The first-order chi connectivity index (χ1) is 14.4. The molecule has 150 valence electrons. The molecule has 0 aliphatic rings. The van der Waals surface area contributed by atoms with Gasteiger partial charge in [-0.1, -0.05) is 0 Å². The van der Waals surface area contributed by atoms with E-state index in [2.05, 4.69) is 21.1 Å². The van der Waals surface area contributed by atoms with Crippen molar-refractivity contribution in [2.75, 3.05) is 5.73 Å². The minimum absolute atomic E-state index is 0.436. The van der Waals surface area contributed by atoms with Crippen LogP contribution in [-0.4, -0.2) is 29.5 Å². The van der Waals surface area contributed by atoms with Gasteiger partial charge in [0, 0.05) is 18.0 Å². The van der Waals surface area contributed by atoms with Gasteiger partial charge in [0.2, 0.25) is 0 Å². The number of hydrogen-bond donors (Lipinski definition) is 2. The van der Waals surface area contributed by atoms with Crippen LogP contribution in [0.4, 0.5) is 5.82 Å². The number of nitrogens with two attached hydrogens (primary N) is 1. The molecule has 1 aromatic carbocycles. The molecule has 0 amide bonds. The molecule has 0 bridgehead atoms. The van der Waals surface area contributed by atoms with Gasteiger partial charge in [0.1, 0.15) is 11.3 Å². The van der Waals surface area contributed by atoms with Gasteiger partial charge >= 0.3 is 0 Å². The maximum absolute atomic E-state index is 9.01. The first kappa shape index (κ1) is 19.2. The normalized spacial score (nSPS) is 10.8. The number of nitriles is 1. The highest BCUT2D eigenvalue weighted by molar-refractivity contribution is 5.77. The molecule has 3 aromatic heterocycles. The monoisotopic (exact) mass is 398 g/mol. The number of nitrogens with one attached hydrogen (secondary N) is 1. The Balaban J connectivity index is 1.89. The summed E-state index contributed by atoms with van der Waals surface area (Å²) in [4.78, 5) is 7.82. The van der Waals surface area contributed by atoms with Crippen LogP contribution in [0.3, 0.4) is 0 Å². The Morgan fingerprint density at radius 2 is 1.70 bits per heavy atom. The lowest BCUT2D eigenvalue weighted by molar-refractivity contribution is 0.807. The van der Waals surface area contributed by atoms with Crippen molar-refractivity contribution in [3.05, 3.63) is 70.8 Å². The number of nitrogens with zero attached hydrogens (tertiary/aromatic N) is 6. The van der Waals surface area contributed by atoms with E-state index in [0.29, 0.717) is 22.7 Å². The maximum Gasteiger partial charge on any atom is 0.157 e. The third-order valence-electron chi connectivity index (χ3n) is 5.25. The second-order valence-corrected chi connectivity index (χ2v) is 7.15. The molecule has 0 unspecified atom stereocenters. The van der Waals surface area contributed by atoms with Crippen LogP contribution in [0.5, 0.6) is 0 Å². The van der Waals surface area contributed by atoms with Gasteiger partial charge in [0.15, 0.2) is 5.82 Å². The second kappa shape index (κ2) is 7.37. The molecule has 4 rings (SSSR count). The summed E-state index contributed by atoms with van der Waals surface area (Å²) >= 11 is 0. The summed E-state index contributed by atoms with van der Waals surface area (Å²) in [6.07, 6.45) is 1.70. The average molecular weight is 398 g/mol. The van der Waals surface area contributed by atoms with E-state index in [1.54, 1.807) is 29.1 Å². The molecule has 3 heterocycles. The summed E-state index contributed by atoms with van der Waals surface area (Å²) in [5, 5.41) is 18.3. The summed E-state index contributed by atoms with van der Waals surface area (Å²) < 4.78 is 3.60. The molecule has 0 spiro atoms. The molecule has 0 saturated heterocycles. The third-order valence-corrected chi connectivity index (χ3v) is 5.25. The van der Waals surface area contributed by atoms with E-state index in [0.717, 1.165) is 33.8 Å². The number of benzene rings is 1. The zero-order valence-corrected chi connectivity index (χ0v) is 17.3. The summed E-state index contributed by atoms with van der Waals surface area (Å²) in [6, 6.07) is 13.0. The van der Waals surface area contributed by atoms with Gasteiger partial charge in [0.05, 0.1) is 34.2 Å². The first-order valence-electron chi connectivity index (χ1n) is 9.51. The molecule has 0 aliphatic heterocycles. The lowest BCUT2D eigenvalue weighted by Gasteiger charge is -2.04. The number of fused-ring (bicyclic) bond motifs is 1. The molecule has 30 heavy (non-hydrogen) atoms. The van der Waals surface area contributed by atoms with Crippen LogP contribution in [0.25, 0.3) is 22.5 Å². The minimum Gasteiger partial charge on any atom is -0.385 e. The number of nitrogen functional groups attached to an aromatic ring is 1. The lowest BCUT2D eigenvalue weighted by atomic mass is 10.2. The van der Waals surface area contributed by atoms with Crippen LogP contribution in [0.2, 0.25) is 0 Å². The van der Waals surface area contributed by atoms with E-state index >= 15 is 0 Å². The van der Waals surface area contributed by atoms with Crippen molar-refractivity contribution < 1.29 is 0 Å². The Kier molecular flexibility index (Phi) is 4.72. The predicted molar refractivity (Wildman–Crippen MR) is 116 cm³/mol. The number of aryl methyl sites for hydroxylation is 2. The standard InChI is InChI=1S/C22H22N8/c1-13-14(2)27-30(15(13)3)21-11-20(24)26-22-16(4)29(28-19(22)9-10-25-21)18-7-5-17(12-23)6-8-18/h5-11,26H,24H2,1-4H3. The highest BCUT2D eigenvalue weighted by Crippen LogP contribution is 2.20. The molecule has 0 saturated carbocycles. The molecule has 3 N–H and O–H groups in total.